The Morgan fingerprint density at radius 1 is 1.28 bits per heavy atom. The number of carbonyl (C=O) groups excluding carboxylic acids is 2. The molecule has 0 aromatic heterocycles. The Morgan fingerprint density at radius 2 is 2.04 bits per heavy atom. The molecule has 1 aromatic carbocycles. The summed E-state index contributed by atoms with van der Waals surface area (Å²) >= 11 is 1.99. The zero-order chi connectivity index (χ0) is 17.6. The van der Waals surface area contributed by atoms with Crippen LogP contribution in [0.25, 0.3) is 0 Å². The van der Waals surface area contributed by atoms with Gasteiger partial charge in [-0.3, -0.25) is 9.59 Å². The summed E-state index contributed by atoms with van der Waals surface area (Å²) in [5.74, 6) is 0.920. The summed E-state index contributed by atoms with van der Waals surface area (Å²) in [6.45, 7) is 3.19. The minimum atomic E-state index is -0.375. The molecule has 3 rings (SSSR count). The first-order valence-electron chi connectivity index (χ1n) is 9.49. The van der Waals surface area contributed by atoms with Crippen LogP contribution in [-0.4, -0.2) is 40.3 Å². The molecule has 1 aromatic rings. The van der Waals surface area contributed by atoms with Gasteiger partial charge >= 0.3 is 0 Å². The number of carbonyl (C=O) groups is 2. The fourth-order valence-electron chi connectivity index (χ4n) is 3.83. The first-order valence-corrected chi connectivity index (χ1v) is 10.5. The molecule has 0 unspecified atom stereocenters. The number of benzene rings is 1. The van der Waals surface area contributed by atoms with Crippen LogP contribution in [0.2, 0.25) is 0 Å². The van der Waals surface area contributed by atoms with Crippen LogP contribution in [-0.2, 0) is 11.3 Å². The standard InChI is InChI=1S/C20H28N2O2S/c1-2-18(22-14-15-8-6-7-11-17(15)20(22)24)19(23)21-12-13-25-16-9-4-3-5-10-16/h6-8,11,16,18H,2-5,9-10,12-14H2,1H3,(H,21,23)/t18-/m0/s1. The molecule has 1 aliphatic carbocycles. The Kier molecular flexibility index (Phi) is 6.40. The van der Waals surface area contributed by atoms with E-state index < -0.39 is 0 Å². The van der Waals surface area contributed by atoms with Gasteiger partial charge in [-0.15, -0.1) is 0 Å². The van der Waals surface area contributed by atoms with E-state index in [1.165, 1.54) is 32.1 Å². The molecular weight excluding hydrogens is 332 g/mol. The highest BCUT2D eigenvalue weighted by molar-refractivity contribution is 7.99. The van der Waals surface area contributed by atoms with Crippen LogP contribution in [0.1, 0.15) is 61.4 Å². The summed E-state index contributed by atoms with van der Waals surface area (Å²) in [5, 5.41) is 3.81. The number of amides is 2. The minimum Gasteiger partial charge on any atom is -0.353 e. The molecule has 1 N–H and O–H groups in total. The molecule has 0 radical (unpaired) electrons. The number of rotatable bonds is 7. The third-order valence-electron chi connectivity index (χ3n) is 5.22. The van der Waals surface area contributed by atoms with E-state index in [4.69, 9.17) is 0 Å². The second-order valence-corrected chi connectivity index (χ2v) is 8.34. The highest BCUT2D eigenvalue weighted by atomic mass is 32.2. The van der Waals surface area contributed by atoms with Gasteiger partial charge in [-0.05, 0) is 30.9 Å². The first kappa shape index (κ1) is 18.3. The molecule has 2 amide bonds. The van der Waals surface area contributed by atoms with Gasteiger partial charge in [-0.2, -0.15) is 11.8 Å². The normalized spacial score (nSPS) is 18.9. The van der Waals surface area contributed by atoms with Gasteiger partial charge in [0.15, 0.2) is 0 Å². The summed E-state index contributed by atoms with van der Waals surface area (Å²) < 4.78 is 0. The van der Waals surface area contributed by atoms with Crippen LogP contribution >= 0.6 is 11.8 Å². The molecule has 1 fully saturated rings. The van der Waals surface area contributed by atoms with E-state index in [9.17, 15) is 9.59 Å². The molecule has 1 heterocycles. The monoisotopic (exact) mass is 360 g/mol. The predicted molar refractivity (Wildman–Crippen MR) is 103 cm³/mol. The van der Waals surface area contributed by atoms with E-state index in [0.717, 1.165) is 22.1 Å². The van der Waals surface area contributed by atoms with Gasteiger partial charge in [0.2, 0.25) is 5.91 Å². The van der Waals surface area contributed by atoms with Crippen molar-refractivity contribution in [3.05, 3.63) is 35.4 Å². The maximum atomic E-state index is 12.6. The molecule has 0 spiro atoms. The smallest absolute Gasteiger partial charge is 0.255 e. The van der Waals surface area contributed by atoms with Gasteiger partial charge in [0.05, 0.1) is 0 Å². The van der Waals surface area contributed by atoms with E-state index in [0.29, 0.717) is 19.5 Å². The fourth-order valence-corrected chi connectivity index (χ4v) is 5.05. The van der Waals surface area contributed by atoms with Crippen LogP contribution in [0.5, 0.6) is 0 Å². The quantitative estimate of drug-likeness (QED) is 0.756. The van der Waals surface area contributed by atoms with Gasteiger partial charge < -0.3 is 10.2 Å². The number of nitrogens with zero attached hydrogens (tertiary/aromatic N) is 1. The number of hydrogen-bond acceptors (Lipinski definition) is 3. The maximum absolute atomic E-state index is 12.6. The third-order valence-corrected chi connectivity index (χ3v) is 6.60. The summed E-state index contributed by atoms with van der Waals surface area (Å²) in [4.78, 5) is 26.9. The van der Waals surface area contributed by atoms with Gasteiger partial charge in [0.25, 0.3) is 5.91 Å². The largest absolute Gasteiger partial charge is 0.353 e. The lowest BCUT2D eigenvalue weighted by Gasteiger charge is -2.26. The molecular formula is C20H28N2O2S. The second-order valence-electron chi connectivity index (χ2n) is 6.94. The predicted octanol–water partition coefficient (Wildman–Crippen LogP) is 3.60. The molecule has 25 heavy (non-hydrogen) atoms. The van der Waals surface area contributed by atoms with Crippen molar-refractivity contribution < 1.29 is 9.59 Å². The van der Waals surface area contributed by atoms with Crippen LogP contribution in [0.15, 0.2) is 24.3 Å². The van der Waals surface area contributed by atoms with Gasteiger partial charge in [-0.1, -0.05) is 44.4 Å². The van der Waals surface area contributed by atoms with Gasteiger partial charge in [-0.25, -0.2) is 0 Å². The summed E-state index contributed by atoms with van der Waals surface area (Å²) in [6, 6.07) is 7.27. The number of fused-ring (bicyclic) bond motifs is 1. The zero-order valence-electron chi connectivity index (χ0n) is 15.0. The molecule has 0 saturated heterocycles. The Balaban J connectivity index is 1.48. The second kappa shape index (κ2) is 8.75. The number of hydrogen-bond donors (Lipinski definition) is 1. The molecule has 0 bridgehead atoms. The van der Waals surface area contributed by atoms with Crippen molar-refractivity contribution in [2.75, 3.05) is 12.3 Å². The van der Waals surface area contributed by atoms with E-state index in [2.05, 4.69) is 5.32 Å². The lowest BCUT2D eigenvalue weighted by atomic mass is 10.0. The lowest BCUT2D eigenvalue weighted by Crippen LogP contribution is -2.47. The van der Waals surface area contributed by atoms with E-state index in [1.807, 2.05) is 43.0 Å². The zero-order valence-corrected chi connectivity index (χ0v) is 15.8. The average Bonchev–Trinajstić information content (AvgIpc) is 2.97. The maximum Gasteiger partial charge on any atom is 0.255 e. The van der Waals surface area contributed by atoms with E-state index in [-0.39, 0.29) is 17.9 Å². The molecule has 136 valence electrons. The van der Waals surface area contributed by atoms with Crippen molar-refractivity contribution in [1.29, 1.82) is 0 Å². The molecule has 1 atom stereocenters. The Bertz CT molecular complexity index is 613. The minimum absolute atomic E-state index is 0.0193. The van der Waals surface area contributed by atoms with Gasteiger partial charge in [0, 0.05) is 29.7 Å². The Hall–Kier alpha value is -1.49. The van der Waals surface area contributed by atoms with Crippen molar-refractivity contribution in [2.45, 2.75) is 63.3 Å². The molecule has 4 nitrogen and oxygen atoms in total. The molecule has 1 aliphatic heterocycles. The Morgan fingerprint density at radius 3 is 2.76 bits per heavy atom. The SMILES string of the molecule is CC[C@@H](C(=O)NCCSC1CCCCC1)N1Cc2ccccc2C1=O. The van der Waals surface area contributed by atoms with Crippen molar-refractivity contribution in [1.82, 2.24) is 10.2 Å². The van der Waals surface area contributed by atoms with Gasteiger partial charge in [0.1, 0.15) is 6.04 Å². The number of thioether (sulfide) groups is 1. The average molecular weight is 361 g/mol. The van der Waals surface area contributed by atoms with Crippen LogP contribution in [0, 0.1) is 0 Å². The third kappa shape index (κ3) is 4.38. The fraction of sp³-hybridized carbons (Fsp3) is 0.600. The Labute approximate surface area is 154 Å². The highest BCUT2D eigenvalue weighted by Gasteiger charge is 2.34. The van der Waals surface area contributed by atoms with Crippen molar-refractivity contribution in [3.63, 3.8) is 0 Å². The van der Waals surface area contributed by atoms with Crippen molar-refractivity contribution in [2.24, 2.45) is 0 Å². The van der Waals surface area contributed by atoms with Crippen LogP contribution < -0.4 is 5.32 Å². The van der Waals surface area contributed by atoms with Crippen LogP contribution in [0.3, 0.4) is 0 Å². The van der Waals surface area contributed by atoms with Crippen LogP contribution in [0.4, 0.5) is 0 Å². The molecule has 5 heteroatoms. The van der Waals surface area contributed by atoms with E-state index >= 15 is 0 Å². The van der Waals surface area contributed by atoms with Crippen molar-refractivity contribution >= 4 is 23.6 Å². The molecule has 2 aliphatic rings. The topological polar surface area (TPSA) is 49.4 Å². The highest BCUT2D eigenvalue weighted by Crippen LogP contribution is 2.28. The first-order chi connectivity index (χ1) is 12.2. The lowest BCUT2D eigenvalue weighted by molar-refractivity contribution is -0.125. The van der Waals surface area contributed by atoms with E-state index in [1.54, 1.807) is 4.90 Å². The summed E-state index contributed by atoms with van der Waals surface area (Å²) in [7, 11) is 0. The van der Waals surface area contributed by atoms with Crippen molar-refractivity contribution in [3.8, 4) is 0 Å². The molecule has 1 saturated carbocycles. The summed E-state index contributed by atoms with van der Waals surface area (Å²) in [6.07, 6.45) is 7.34. The summed E-state index contributed by atoms with van der Waals surface area (Å²) in [5.41, 5.74) is 1.76. The number of nitrogens with one attached hydrogen (secondary N) is 1.